The Balaban J connectivity index is 2.95. The maximum Gasteiger partial charge on any atom is -0.0386 e. The van der Waals surface area contributed by atoms with E-state index in [4.69, 9.17) is 0 Å². The van der Waals surface area contributed by atoms with Gasteiger partial charge in [-0.1, -0.05) is 168 Å². The minimum Gasteiger partial charge on any atom is -0.0654 e. The van der Waals surface area contributed by atoms with Crippen LogP contribution in [0.3, 0.4) is 0 Å². The second kappa shape index (κ2) is 26.0. The van der Waals surface area contributed by atoms with E-state index in [1.54, 1.807) is 0 Å². The van der Waals surface area contributed by atoms with Crippen molar-refractivity contribution < 1.29 is 0 Å². The van der Waals surface area contributed by atoms with Crippen LogP contribution in [0.15, 0.2) is 0 Å². The molecule has 27 heavy (non-hydrogen) atoms. The van der Waals surface area contributed by atoms with Crippen LogP contribution in [-0.2, 0) is 0 Å². The largest absolute Gasteiger partial charge is 0.0654 e. The molecule has 0 aliphatic heterocycles. The minimum atomic E-state index is 1.36. The van der Waals surface area contributed by atoms with E-state index in [0.29, 0.717) is 0 Å². The third kappa shape index (κ3) is 26.0. The monoisotopic (exact) mass is 379 g/mol. The Bertz CT molecular complexity index is 208. The van der Waals surface area contributed by atoms with Crippen molar-refractivity contribution in [2.24, 2.45) is 0 Å². The van der Waals surface area contributed by atoms with E-state index < -0.39 is 0 Å². The van der Waals surface area contributed by atoms with Crippen LogP contribution in [0.2, 0.25) is 0 Å². The highest BCUT2D eigenvalue weighted by Crippen LogP contribution is 2.15. The lowest BCUT2D eigenvalue weighted by Crippen LogP contribution is -1.85. The average Bonchev–Trinajstić information content (AvgIpc) is 2.68. The molecule has 0 aromatic rings. The zero-order chi connectivity index (χ0) is 19.7. The quantitative estimate of drug-likeness (QED) is 0.146. The maximum atomic E-state index is 2.54. The van der Waals surface area contributed by atoms with Crippen LogP contribution in [0, 0.1) is 6.42 Å². The van der Waals surface area contributed by atoms with Gasteiger partial charge in [-0.2, -0.15) is 0 Å². The summed E-state index contributed by atoms with van der Waals surface area (Å²) in [5, 5.41) is 0. The van der Waals surface area contributed by atoms with E-state index in [2.05, 4.69) is 20.3 Å². The molecule has 0 nitrogen and oxygen atoms in total. The summed E-state index contributed by atoms with van der Waals surface area (Å²) in [6.07, 6.45) is 37.4. The third-order valence-corrected chi connectivity index (χ3v) is 6.02. The van der Waals surface area contributed by atoms with Gasteiger partial charge in [0.2, 0.25) is 0 Å². The molecule has 0 spiro atoms. The molecule has 0 aromatic carbocycles. The van der Waals surface area contributed by atoms with E-state index in [0.717, 1.165) is 0 Å². The van der Waals surface area contributed by atoms with Crippen molar-refractivity contribution in [1.82, 2.24) is 0 Å². The number of rotatable bonds is 24. The van der Waals surface area contributed by atoms with Crippen LogP contribution >= 0.6 is 0 Å². The van der Waals surface area contributed by atoms with Crippen LogP contribution in [0.5, 0.6) is 0 Å². The van der Waals surface area contributed by atoms with Crippen LogP contribution < -0.4 is 0 Å². The van der Waals surface area contributed by atoms with Crippen LogP contribution in [0.1, 0.15) is 168 Å². The lowest BCUT2D eigenvalue weighted by Gasteiger charge is -2.04. The Kier molecular flexibility index (Phi) is 26.0. The third-order valence-electron chi connectivity index (χ3n) is 6.02. The SMILES string of the molecule is CCCCCC[CH]CCCCCCCCCCCCCCCCCCCC. The summed E-state index contributed by atoms with van der Waals surface area (Å²) in [5.74, 6) is 0. The molecule has 0 aliphatic carbocycles. The van der Waals surface area contributed by atoms with Gasteiger partial charge >= 0.3 is 0 Å². The standard InChI is InChI=1S/C27H55/c1-3-5-7-9-11-13-15-17-19-21-23-25-27-26-24-22-20-18-16-14-12-10-8-6-4-2/h13H,3-12,14-27H2,1-2H3. The Morgan fingerprint density at radius 2 is 0.519 bits per heavy atom. The van der Waals surface area contributed by atoms with Crippen molar-refractivity contribution in [2.75, 3.05) is 0 Å². The van der Waals surface area contributed by atoms with Gasteiger partial charge in [-0.05, 0) is 6.42 Å². The molecule has 0 heteroatoms. The molecular weight excluding hydrogens is 324 g/mol. The predicted molar refractivity (Wildman–Crippen MR) is 126 cm³/mol. The van der Waals surface area contributed by atoms with Crippen molar-refractivity contribution in [2.45, 2.75) is 168 Å². The van der Waals surface area contributed by atoms with E-state index in [-0.39, 0.29) is 0 Å². The first-order valence-electron chi connectivity index (χ1n) is 13.2. The van der Waals surface area contributed by atoms with E-state index in [1.165, 1.54) is 154 Å². The zero-order valence-corrected chi connectivity index (χ0v) is 19.5. The van der Waals surface area contributed by atoms with Gasteiger partial charge in [0, 0.05) is 0 Å². The average molecular weight is 380 g/mol. The molecule has 0 bridgehead atoms. The fourth-order valence-corrected chi connectivity index (χ4v) is 4.05. The summed E-state index contributed by atoms with van der Waals surface area (Å²) >= 11 is 0. The minimum absolute atomic E-state index is 1.36. The number of hydrogen-bond acceptors (Lipinski definition) is 0. The lowest BCUT2D eigenvalue weighted by molar-refractivity contribution is 0.524. The summed E-state index contributed by atoms with van der Waals surface area (Å²) in [6.45, 7) is 4.60. The van der Waals surface area contributed by atoms with Crippen LogP contribution in [-0.4, -0.2) is 0 Å². The fourth-order valence-electron chi connectivity index (χ4n) is 4.05. The van der Waals surface area contributed by atoms with Gasteiger partial charge in [0.1, 0.15) is 0 Å². The maximum absolute atomic E-state index is 2.54. The summed E-state index contributed by atoms with van der Waals surface area (Å²) in [6, 6.07) is 0. The van der Waals surface area contributed by atoms with E-state index >= 15 is 0 Å². The predicted octanol–water partition coefficient (Wildman–Crippen LogP) is 10.6. The lowest BCUT2D eigenvalue weighted by atomic mass is 10.0. The summed E-state index contributed by atoms with van der Waals surface area (Å²) in [5.41, 5.74) is 0. The van der Waals surface area contributed by atoms with E-state index in [9.17, 15) is 0 Å². The van der Waals surface area contributed by atoms with Gasteiger partial charge in [-0.3, -0.25) is 0 Å². The molecular formula is C27H55. The molecule has 0 saturated carbocycles. The number of hydrogen-bond donors (Lipinski definition) is 0. The summed E-state index contributed by atoms with van der Waals surface area (Å²) in [7, 11) is 0. The molecule has 0 aliphatic rings. The van der Waals surface area contributed by atoms with Crippen molar-refractivity contribution >= 4 is 0 Å². The Hall–Kier alpha value is 0. The molecule has 1 radical (unpaired) electrons. The van der Waals surface area contributed by atoms with Gasteiger partial charge in [-0.15, -0.1) is 0 Å². The first-order chi connectivity index (χ1) is 13.4. The molecule has 0 aromatic heterocycles. The number of unbranched alkanes of at least 4 members (excludes halogenated alkanes) is 24. The summed E-state index contributed by atoms with van der Waals surface area (Å²) < 4.78 is 0. The zero-order valence-electron chi connectivity index (χ0n) is 19.5. The fraction of sp³-hybridized carbons (Fsp3) is 0.963. The molecule has 0 heterocycles. The molecule has 0 fully saturated rings. The first-order valence-corrected chi connectivity index (χ1v) is 13.2. The highest BCUT2D eigenvalue weighted by atomic mass is 14.0. The Morgan fingerprint density at radius 1 is 0.296 bits per heavy atom. The van der Waals surface area contributed by atoms with Gasteiger partial charge in [0.05, 0.1) is 0 Å². The van der Waals surface area contributed by atoms with Crippen molar-refractivity contribution in [3.63, 3.8) is 0 Å². The van der Waals surface area contributed by atoms with Crippen LogP contribution in [0.25, 0.3) is 0 Å². The molecule has 0 atom stereocenters. The van der Waals surface area contributed by atoms with Crippen LogP contribution in [0.4, 0.5) is 0 Å². The smallest absolute Gasteiger partial charge is 0.0386 e. The highest BCUT2D eigenvalue weighted by Gasteiger charge is 1.96. The van der Waals surface area contributed by atoms with Crippen molar-refractivity contribution in [3.05, 3.63) is 6.42 Å². The normalized spacial score (nSPS) is 11.3. The second-order valence-corrected chi connectivity index (χ2v) is 8.94. The summed E-state index contributed by atoms with van der Waals surface area (Å²) in [4.78, 5) is 0. The van der Waals surface area contributed by atoms with E-state index in [1.807, 2.05) is 0 Å². The highest BCUT2D eigenvalue weighted by molar-refractivity contribution is 4.64. The molecule has 0 N–H and O–H groups in total. The van der Waals surface area contributed by atoms with Gasteiger partial charge in [-0.25, -0.2) is 0 Å². The van der Waals surface area contributed by atoms with Gasteiger partial charge < -0.3 is 0 Å². The van der Waals surface area contributed by atoms with Gasteiger partial charge in [0.15, 0.2) is 0 Å². The Labute approximate surface area is 174 Å². The molecule has 0 rings (SSSR count). The molecule has 163 valence electrons. The van der Waals surface area contributed by atoms with Crippen molar-refractivity contribution in [3.8, 4) is 0 Å². The second-order valence-electron chi connectivity index (χ2n) is 8.94. The molecule has 0 amide bonds. The van der Waals surface area contributed by atoms with Gasteiger partial charge in [0.25, 0.3) is 0 Å². The molecule has 0 unspecified atom stereocenters. The first kappa shape index (κ1) is 27.0. The van der Waals surface area contributed by atoms with Crippen molar-refractivity contribution in [1.29, 1.82) is 0 Å². The Morgan fingerprint density at radius 3 is 0.815 bits per heavy atom. The molecule has 0 saturated heterocycles. The topological polar surface area (TPSA) is 0 Å².